The molecule has 0 unspecified atom stereocenters. The third-order valence-corrected chi connectivity index (χ3v) is 6.02. The van der Waals surface area contributed by atoms with Gasteiger partial charge in [0.25, 0.3) is 0 Å². The fourth-order valence-electron chi connectivity index (χ4n) is 4.31. The van der Waals surface area contributed by atoms with Crippen molar-refractivity contribution in [3.05, 3.63) is 47.5 Å². The molecule has 0 saturated carbocycles. The molecule has 176 valence electrons. The van der Waals surface area contributed by atoms with Crippen LogP contribution in [0.15, 0.2) is 36.4 Å². The van der Waals surface area contributed by atoms with E-state index in [1.807, 2.05) is 37.3 Å². The molecule has 9 nitrogen and oxygen atoms in total. The molecule has 1 saturated heterocycles. The number of nitrogens with zero attached hydrogens (tertiary/aromatic N) is 1. The van der Waals surface area contributed by atoms with Crippen LogP contribution in [0.4, 0.5) is 4.79 Å². The number of fused-ring (bicyclic) bond motifs is 1. The molecule has 2 atom stereocenters. The average Bonchev–Trinajstić information content (AvgIpc) is 3.49. The fourth-order valence-corrected chi connectivity index (χ4v) is 4.31. The Kier molecular flexibility index (Phi) is 6.76. The Bertz CT molecular complexity index is 1030. The standard InChI is InChI=1S/C24H29N3O6/c1-4-25-24(29)27-12-18(17-7-6-16(30-2)10-21(17)31-3)19(13-27)23(28)26-11-15-5-8-20-22(9-15)33-14-32-20/h5-10,18-19H,4,11-14H2,1-3H3,(H,25,29)(H,26,28)/t18-,19-/m1/s1. The number of methoxy groups -OCH3 is 2. The number of urea groups is 1. The van der Waals surface area contributed by atoms with Crippen LogP contribution < -0.4 is 29.6 Å². The molecule has 0 aliphatic carbocycles. The second kappa shape index (κ2) is 9.89. The van der Waals surface area contributed by atoms with Crippen molar-refractivity contribution >= 4 is 11.9 Å². The predicted molar refractivity (Wildman–Crippen MR) is 121 cm³/mol. The van der Waals surface area contributed by atoms with Crippen LogP contribution >= 0.6 is 0 Å². The number of amides is 3. The molecule has 2 aromatic carbocycles. The van der Waals surface area contributed by atoms with Gasteiger partial charge in [-0.25, -0.2) is 4.79 Å². The summed E-state index contributed by atoms with van der Waals surface area (Å²) in [7, 11) is 3.18. The fraction of sp³-hybridized carbons (Fsp3) is 0.417. The van der Waals surface area contributed by atoms with Crippen molar-refractivity contribution in [1.29, 1.82) is 0 Å². The molecule has 9 heteroatoms. The van der Waals surface area contributed by atoms with Gasteiger partial charge in [-0.3, -0.25) is 4.79 Å². The molecule has 0 radical (unpaired) electrons. The minimum absolute atomic E-state index is 0.123. The molecule has 2 aliphatic heterocycles. The minimum Gasteiger partial charge on any atom is -0.497 e. The average molecular weight is 456 g/mol. The van der Waals surface area contributed by atoms with Crippen LogP contribution in [0.2, 0.25) is 0 Å². The van der Waals surface area contributed by atoms with Gasteiger partial charge in [-0.1, -0.05) is 12.1 Å². The number of rotatable bonds is 7. The number of nitrogens with one attached hydrogen (secondary N) is 2. The molecule has 4 rings (SSSR count). The lowest BCUT2D eigenvalue weighted by molar-refractivity contribution is -0.125. The zero-order chi connectivity index (χ0) is 23.4. The summed E-state index contributed by atoms with van der Waals surface area (Å²) in [5.74, 6) is 1.90. The highest BCUT2D eigenvalue weighted by Gasteiger charge is 2.41. The Morgan fingerprint density at radius 2 is 1.85 bits per heavy atom. The Morgan fingerprint density at radius 1 is 1.03 bits per heavy atom. The van der Waals surface area contributed by atoms with Gasteiger partial charge >= 0.3 is 6.03 Å². The Balaban J connectivity index is 1.53. The van der Waals surface area contributed by atoms with Gasteiger partial charge < -0.3 is 34.5 Å². The lowest BCUT2D eigenvalue weighted by atomic mass is 9.87. The summed E-state index contributed by atoms with van der Waals surface area (Å²) in [6.45, 7) is 3.67. The van der Waals surface area contributed by atoms with Crippen LogP contribution in [-0.2, 0) is 11.3 Å². The van der Waals surface area contributed by atoms with Crippen molar-refractivity contribution < 1.29 is 28.5 Å². The van der Waals surface area contributed by atoms with E-state index >= 15 is 0 Å². The third-order valence-electron chi connectivity index (χ3n) is 6.02. The topological polar surface area (TPSA) is 98.4 Å². The Hall–Kier alpha value is -3.62. The lowest BCUT2D eigenvalue weighted by Gasteiger charge is -2.21. The zero-order valence-electron chi connectivity index (χ0n) is 19.1. The van der Waals surface area contributed by atoms with Gasteiger partial charge in [0, 0.05) is 43.7 Å². The van der Waals surface area contributed by atoms with Crippen LogP contribution in [0.5, 0.6) is 23.0 Å². The summed E-state index contributed by atoms with van der Waals surface area (Å²) in [6, 6.07) is 11.0. The highest BCUT2D eigenvalue weighted by atomic mass is 16.7. The molecule has 33 heavy (non-hydrogen) atoms. The predicted octanol–water partition coefficient (Wildman–Crippen LogP) is 2.49. The highest BCUT2D eigenvalue weighted by Crippen LogP contribution is 2.39. The highest BCUT2D eigenvalue weighted by molar-refractivity contribution is 5.83. The first-order valence-corrected chi connectivity index (χ1v) is 10.9. The summed E-state index contributed by atoms with van der Waals surface area (Å²) in [4.78, 5) is 27.5. The van der Waals surface area contributed by atoms with Crippen molar-refractivity contribution in [2.75, 3.05) is 40.6 Å². The number of likely N-dealkylation sites (tertiary alicyclic amines) is 1. The van der Waals surface area contributed by atoms with Crippen molar-refractivity contribution in [3.8, 4) is 23.0 Å². The van der Waals surface area contributed by atoms with Gasteiger partial charge in [-0.2, -0.15) is 0 Å². The summed E-state index contributed by atoms with van der Waals surface area (Å²) >= 11 is 0. The van der Waals surface area contributed by atoms with E-state index in [0.29, 0.717) is 49.2 Å². The van der Waals surface area contributed by atoms with E-state index < -0.39 is 5.92 Å². The van der Waals surface area contributed by atoms with E-state index in [4.69, 9.17) is 18.9 Å². The van der Waals surface area contributed by atoms with Gasteiger partial charge in [0.2, 0.25) is 12.7 Å². The quantitative estimate of drug-likeness (QED) is 0.666. The van der Waals surface area contributed by atoms with Gasteiger partial charge in [-0.05, 0) is 30.7 Å². The number of carbonyl (C=O) groups is 2. The number of ether oxygens (including phenoxy) is 4. The van der Waals surface area contributed by atoms with Gasteiger partial charge in [-0.15, -0.1) is 0 Å². The first kappa shape index (κ1) is 22.6. The zero-order valence-corrected chi connectivity index (χ0v) is 19.1. The molecule has 0 spiro atoms. The number of hydrogen-bond donors (Lipinski definition) is 2. The summed E-state index contributed by atoms with van der Waals surface area (Å²) in [5.41, 5.74) is 1.78. The van der Waals surface area contributed by atoms with Crippen LogP contribution in [-0.4, -0.2) is 57.5 Å². The third kappa shape index (κ3) is 4.76. The second-order valence-electron chi connectivity index (χ2n) is 7.97. The monoisotopic (exact) mass is 455 g/mol. The molecule has 3 amide bonds. The van der Waals surface area contributed by atoms with Gasteiger partial charge in [0.15, 0.2) is 11.5 Å². The van der Waals surface area contributed by atoms with E-state index in [1.165, 1.54) is 0 Å². The van der Waals surface area contributed by atoms with E-state index in [1.54, 1.807) is 25.2 Å². The first-order valence-electron chi connectivity index (χ1n) is 10.9. The largest absolute Gasteiger partial charge is 0.497 e. The number of benzene rings is 2. The Labute approximate surface area is 192 Å². The molecular formula is C24H29N3O6. The second-order valence-corrected chi connectivity index (χ2v) is 7.97. The Morgan fingerprint density at radius 3 is 2.61 bits per heavy atom. The van der Waals surface area contributed by atoms with Gasteiger partial charge in [0.1, 0.15) is 11.5 Å². The summed E-state index contributed by atoms with van der Waals surface area (Å²) < 4.78 is 21.7. The molecular weight excluding hydrogens is 426 g/mol. The van der Waals surface area contributed by atoms with Crippen LogP contribution in [0.3, 0.4) is 0 Å². The first-order chi connectivity index (χ1) is 16.0. The summed E-state index contributed by atoms with van der Waals surface area (Å²) in [5, 5.41) is 5.85. The maximum atomic E-state index is 13.3. The molecule has 1 fully saturated rings. The smallest absolute Gasteiger partial charge is 0.317 e. The molecule has 0 aromatic heterocycles. The SMILES string of the molecule is CCNC(=O)N1C[C@H](c2ccc(OC)cc2OC)[C@H](C(=O)NCc2ccc3c(c2)OCO3)C1. The lowest BCUT2D eigenvalue weighted by Crippen LogP contribution is -2.39. The summed E-state index contributed by atoms with van der Waals surface area (Å²) in [6.07, 6.45) is 0. The molecule has 2 aliphatic rings. The van der Waals surface area contributed by atoms with Crippen molar-refractivity contribution in [1.82, 2.24) is 15.5 Å². The maximum absolute atomic E-state index is 13.3. The van der Waals surface area contributed by atoms with Crippen LogP contribution in [0.1, 0.15) is 24.0 Å². The normalized spacial score (nSPS) is 18.7. The maximum Gasteiger partial charge on any atom is 0.317 e. The van der Waals surface area contributed by atoms with Crippen LogP contribution in [0.25, 0.3) is 0 Å². The number of hydrogen-bond acceptors (Lipinski definition) is 6. The van der Waals surface area contributed by atoms with Crippen molar-refractivity contribution in [3.63, 3.8) is 0 Å². The van der Waals surface area contributed by atoms with E-state index in [2.05, 4.69) is 10.6 Å². The minimum atomic E-state index is -0.427. The molecule has 2 aromatic rings. The molecule has 0 bridgehead atoms. The van der Waals surface area contributed by atoms with E-state index in [0.717, 1.165) is 11.1 Å². The van der Waals surface area contributed by atoms with E-state index in [9.17, 15) is 9.59 Å². The molecule has 2 N–H and O–H groups in total. The van der Waals surface area contributed by atoms with Crippen LogP contribution in [0, 0.1) is 5.92 Å². The number of carbonyl (C=O) groups excluding carboxylic acids is 2. The van der Waals surface area contributed by atoms with Gasteiger partial charge in [0.05, 0.1) is 20.1 Å². The van der Waals surface area contributed by atoms with Crippen molar-refractivity contribution in [2.45, 2.75) is 19.4 Å². The van der Waals surface area contributed by atoms with Crippen molar-refractivity contribution in [2.24, 2.45) is 5.92 Å². The van der Waals surface area contributed by atoms with E-state index in [-0.39, 0.29) is 24.6 Å². The molecule has 2 heterocycles.